The second-order valence-electron chi connectivity index (χ2n) is 6.44. The number of benzene rings is 2. The Hall–Kier alpha value is -3.12. The maximum absolute atomic E-state index is 13.0. The van der Waals surface area contributed by atoms with Gasteiger partial charge >= 0.3 is 0 Å². The van der Waals surface area contributed by atoms with E-state index in [1.807, 2.05) is 46.3 Å². The van der Waals surface area contributed by atoms with Gasteiger partial charge in [0.15, 0.2) is 0 Å². The summed E-state index contributed by atoms with van der Waals surface area (Å²) in [5.74, 6) is 0.360. The van der Waals surface area contributed by atoms with Gasteiger partial charge in [0.1, 0.15) is 17.3 Å². The monoisotopic (exact) mass is 394 g/mol. The average Bonchev–Trinajstić information content (AvgIpc) is 3.30. The Balaban J connectivity index is 1.57. The van der Waals surface area contributed by atoms with Crippen LogP contribution in [0.4, 0.5) is 4.39 Å². The Bertz CT molecular complexity index is 1100. The van der Waals surface area contributed by atoms with Gasteiger partial charge in [0, 0.05) is 13.1 Å². The second kappa shape index (κ2) is 7.86. The van der Waals surface area contributed by atoms with E-state index in [0.29, 0.717) is 18.8 Å². The number of fused-ring (bicyclic) bond motifs is 1. The summed E-state index contributed by atoms with van der Waals surface area (Å²) in [7, 11) is 1.64. The van der Waals surface area contributed by atoms with Gasteiger partial charge in [0.2, 0.25) is 0 Å². The fourth-order valence-electron chi connectivity index (χ4n) is 3.12. The third-order valence-electron chi connectivity index (χ3n) is 4.62. The number of amides is 1. The number of ether oxygens (including phenoxy) is 1. The molecule has 0 aliphatic rings. The molecular formula is C22H19FN2O2S. The van der Waals surface area contributed by atoms with Gasteiger partial charge in [-0.25, -0.2) is 4.39 Å². The highest BCUT2D eigenvalue weighted by molar-refractivity contribution is 7.17. The van der Waals surface area contributed by atoms with E-state index in [9.17, 15) is 9.18 Å². The van der Waals surface area contributed by atoms with E-state index in [1.54, 1.807) is 30.6 Å². The first-order valence-electron chi connectivity index (χ1n) is 8.86. The fourth-order valence-corrected chi connectivity index (χ4v) is 3.95. The lowest BCUT2D eigenvalue weighted by Gasteiger charge is -2.12. The van der Waals surface area contributed by atoms with Crippen molar-refractivity contribution in [3.63, 3.8) is 0 Å². The molecule has 0 spiro atoms. The molecule has 4 rings (SSSR count). The number of hydrogen-bond donors (Lipinski definition) is 1. The Kier molecular flexibility index (Phi) is 5.12. The lowest BCUT2D eigenvalue weighted by molar-refractivity contribution is 0.0942. The van der Waals surface area contributed by atoms with Crippen molar-refractivity contribution in [2.75, 3.05) is 7.11 Å². The highest BCUT2D eigenvalue weighted by Crippen LogP contribution is 2.26. The number of aromatic nitrogens is 1. The Labute approximate surface area is 166 Å². The van der Waals surface area contributed by atoms with E-state index >= 15 is 0 Å². The van der Waals surface area contributed by atoms with Crippen molar-refractivity contribution in [3.05, 3.63) is 88.7 Å². The molecule has 2 aromatic heterocycles. The number of nitrogens with one attached hydrogen (secondary N) is 1. The largest absolute Gasteiger partial charge is 0.497 e. The van der Waals surface area contributed by atoms with Gasteiger partial charge in [0.05, 0.1) is 17.3 Å². The summed E-state index contributed by atoms with van der Waals surface area (Å²) in [6.45, 7) is 0.935. The minimum absolute atomic E-state index is 0.152. The highest BCUT2D eigenvalue weighted by Gasteiger charge is 2.16. The zero-order valence-corrected chi connectivity index (χ0v) is 16.1. The van der Waals surface area contributed by atoms with Crippen molar-refractivity contribution in [1.29, 1.82) is 0 Å². The van der Waals surface area contributed by atoms with E-state index in [4.69, 9.17) is 4.74 Å². The minimum atomic E-state index is -0.288. The molecule has 0 unspecified atom stereocenters. The number of carbonyl (C=O) groups excluding carboxylic acids is 1. The van der Waals surface area contributed by atoms with Crippen LogP contribution in [0.5, 0.6) is 5.75 Å². The molecule has 0 saturated heterocycles. The first-order chi connectivity index (χ1) is 13.6. The molecule has 2 aromatic carbocycles. The van der Waals surface area contributed by atoms with Crippen LogP contribution >= 0.6 is 11.3 Å². The van der Waals surface area contributed by atoms with Crippen LogP contribution in [0.2, 0.25) is 0 Å². The van der Waals surface area contributed by atoms with Crippen LogP contribution in [0.3, 0.4) is 0 Å². The zero-order chi connectivity index (χ0) is 19.5. The molecule has 1 amide bonds. The van der Waals surface area contributed by atoms with Crippen molar-refractivity contribution in [2.24, 2.45) is 0 Å². The van der Waals surface area contributed by atoms with Crippen molar-refractivity contribution in [3.8, 4) is 5.75 Å². The van der Waals surface area contributed by atoms with Crippen LogP contribution in [0.25, 0.3) is 10.2 Å². The molecule has 0 aliphatic carbocycles. The van der Waals surface area contributed by atoms with Crippen LogP contribution in [0.1, 0.15) is 21.6 Å². The van der Waals surface area contributed by atoms with Crippen molar-refractivity contribution >= 4 is 27.5 Å². The van der Waals surface area contributed by atoms with Crippen LogP contribution in [0, 0.1) is 5.82 Å². The molecule has 28 heavy (non-hydrogen) atoms. The fraction of sp³-hybridized carbons (Fsp3) is 0.136. The molecule has 2 heterocycles. The molecule has 0 fully saturated rings. The molecule has 6 heteroatoms. The molecule has 4 nitrogen and oxygen atoms in total. The van der Waals surface area contributed by atoms with Gasteiger partial charge in [0.25, 0.3) is 5.91 Å². The second-order valence-corrected chi connectivity index (χ2v) is 7.39. The molecule has 0 aliphatic heterocycles. The van der Waals surface area contributed by atoms with E-state index in [-0.39, 0.29) is 11.7 Å². The number of hydrogen-bond acceptors (Lipinski definition) is 3. The maximum Gasteiger partial charge on any atom is 0.268 e. The number of carbonyl (C=O) groups is 1. The number of methoxy groups -OCH3 is 1. The minimum Gasteiger partial charge on any atom is -0.497 e. The standard InChI is InChI=1S/C22H19FN2O2S/c1-27-18-8-4-16(5-9-18)14-25-19-10-11-28-21(19)12-20(25)22(26)24-13-15-2-6-17(23)7-3-15/h2-12H,13-14H2,1H3,(H,24,26). The third-order valence-corrected chi connectivity index (χ3v) is 5.47. The van der Waals surface area contributed by atoms with E-state index in [2.05, 4.69) is 5.32 Å². The number of rotatable bonds is 6. The Morgan fingerprint density at radius 3 is 2.50 bits per heavy atom. The predicted molar refractivity (Wildman–Crippen MR) is 109 cm³/mol. The lowest BCUT2D eigenvalue weighted by atomic mass is 10.2. The lowest BCUT2D eigenvalue weighted by Crippen LogP contribution is -2.25. The first kappa shape index (κ1) is 18.3. The molecule has 1 N–H and O–H groups in total. The molecule has 4 aromatic rings. The van der Waals surface area contributed by atoms with E-state index in [0.717, 1.165) is 27.1 Å². The molecule has 0 radical (unpaired) electrons. The molecule has 0 saturated carbocycles. The SMILES string of the molecule is COc1ccc(Cn2c(C(=O)NCc3ccc(F)cc3)cc3sccc32)cc1. The summed E-state index contributed by atoms with van der Waals surface area (Å²) >= 11 is 1.61. The summed E-state index contributed by atoms with van der Waals surface area (Å²) in [5, 5.41) is 4.96. The smallest absolute Gasteiger partial charge is 0.268 e. The van der Waals surface area contributed by atoms with Crippen LogP contribution in [-0.4, -0.2) is 17.6 Å². The van der Waals surface area contributed by atoms with Gasteiger partial charge < -0.3 is 14.6 Å². The quantitative estimate of drug-likeness (QED) is 0.509. The van der Waals surface area contributed by atoms with Gasteiger partial charge in [-0.3, -0.25) is 4.79 Å². The molecule has 0 atom stereocenters. The number of halogens is 1. The van der Waals surface area contributed by atoms with Gasteiger partial charge in [-0.05, 0) is 52.9 Å². The topological polar surface area (TPSA) is 43.3 Å². The summed E-state index contributed by atoms with van der Waals surface area (Å²) in [6, 6.07) is 17.9. The van der Waals surface area contributed by atoms with E-state index < -0.39 is 0 Å². The predicted octanol–water partition coefficient (Wildman–Crippen LogP) is 4.83. The number of nitrogens with zero attached hydrogens (tertiary/aromatic N) is 1. The van der Waals surface area contributed by atoms with Crippen molar-refractivity contribution in [2.45, 2.75) is 13.1 Å². The Morgan fingerprint density at radius 1 is 1.07 bits per heavy atom. The Morgan fingerprint density at radius 2 is 1.79 bits per heavy atom. The van der Waals surface area contributed by atoms with Gasteiger partial charge in [-0.1, -0.05) is 24.3 Å². The summed E-state index contributed by atoms with van der Waals surface area (Å²) < 4.78 is 21.3. The highest BCUT2D eigenvalue weighted by atomic mass is 32.1. The molecule has 142 valence electrons. The normalized spacial score (nSPS) is 10.9. The van der Waals surface area contributed by atoms with E-state index in [1.165, 1.54) is 12.1 Å². The molecule has 0 bridgehead atoms. The molecular weight excluding hydrogens is 375 g/mol. The van der Waals surface area contributed by atoms with Gasteiger partial charge in [-0.15, -0.1) is 11.3 Å². The van der Waals surface area contributed by atoms with Crippen LogP contribution in [0.15, 0.2) is 66.0 Å². The van der Waals surface area contributed by atoms with Crippen molar-refractivity contribution < 1.29 is 13.9 Å². The maximum atomic E-state index is 13.0. The third kappa shape index (κ3) is 3.77. The van der Waals surface area contributed by atoms with Crippen molar-refractivity contribution in [1.82, 2.24) is 9.88 Å². The van der Waals surface area contributed by atoms with Gasteiger partial charge in [-0.2, -0.15) is 0 Å². The number of thiophene rings is 1. The zero-order valence-electron chi connectivity index (χ0n) is 15.3. The summed E-state index contributed by atoms with van der Waals surface area (Å²) in [5.41, 5.74) is 3.58. The first-order valence-corrected chi connectivity index (χ1v) is 9.74. The summed E-state index contributed by atoms with van der Waals surface area (Å²) in [6.07, 6.45) is 0. The summed E-state index contributed by atoms with van der Waals surface area (Å²) in [4.78, 5) is 12.8. The average molecular weight is 394 g/mol. The van der Waals surface area contributed by atoms with Crippen LogP contribution in [-0.2, 0) is 13.1 Å². The van der Waals surface area contributed by atoms with Crippen LogP contribution < -0.4 is 10.1 Å².